The number of pyridine rings is 1. The molecule has 3 aliphatic rings. The van der Waals surface area contributed by atoms with E-state index >= 15 is 0 Å². The normalized spacial score (nSPS) is 24.3. The Labute approximate surface area is 163 Å². The Morgan fingerprint density at radius 2 is 1.96 bits per heavy atom. The van der Waals surface area contributed by atoms with E-state index in [2.05, 4.69) is 4.98 Å². The second-order valence-corrected chi connectivity index (χ2v) is 8.19. The van der Waals surface area contributed by atoms with Crippen LogP contribution in [0.4, 0.5) is 15.4 Å². The van der Waals surface area contributed by atoms with Gasteiger partial charge in [0.2, 0.25) is 0 Å². The summed E-state index contributed by atoms with van der Waals surface area (Å²) in [6, 6.07) is 1.70. The molecule has 0 saturated carbocycles. The summed E-state index contributed by atoms with van der Waals surface area (Å²) in [7, 11) is 0. The number of nitrogens with zero attached hydrogens (tertiary/aromatic N) is 3. The summed E-state index contributed by atoms with van der Waals surface area (Å²) in [4.78, 5) is 32.3. The molecule has 0 radical (unpaired) electrons. The smallest absolute Gasteiger partial charge is 0.415 e. The van der Waals surface area contributed by atoms with E-state index in [-0.39, 0.29) is 18.1 Å². The van der Waals surface area contributed by atoms with E-state index in [9.17, 15) is 9.59 Å². The number of fused-ring (bicyclic) bond motifs is 2. The highest BCUT2D eigenvalue weighted by atomic mass is 16.6. The lowest BCUT2D eigenvalue weighted by Gasteiger charge is -2.43. The number of hydrogen-bond acceptors (Lipinski definition) is 7. The van der Waals surface area contributed by atoms with Crippen molar-refractivity contribution in [2.75, 3.05) is 37.7 Å². The SMILES string of the molecule is CC(C)(C)OC(=O)N1CCC2CN(c3cc4c(cn3)OCCO4)C(=O)OC2C1. The predicted molar refractivity (Wildman–Crippen MR) is 98.8 cm³/mol. The minimum Gasteiger partial charge on any atom is -0.486 e. The van der Waals surface area contributed by atoms with Gasteiger partial charge in [0.25, 0.3) is 0 Å². The minimum atomic E-state index is -0.558. The number of carbonyl (C=O) groups is 2. The van der Waals surface area contributed by atoms with Crippen LogP contribution in [0.3, 0.4) is 0 Å². The molecule has 0 N–H and O–H groups in total. The Balaban J connectivity index is 1.43. The van der Waals surface area contributed by atoms with Gasteiger partial charge >= 0.3 is 12.2 Å². The average molecular weight is 391 g/mol. The molecule has 1 aromatic rings. The van der Waals surface area contributed by atoms with Gasteiger partial charge in [-0.1, -0.05) is 0 Å². The molecule has 28 heavy (non-hydrogen) atoms. The molecule has 9 nitrogen and oxygen atoms in total. The number of rotatable bonds is 1. The summed E-state index contributed by atoms with van der Waals surface area (Å²) in [5, 5.41) is 0. The highest BCUT2D eigenvalue weighted by Crippen LogP contribution is 2.35. The summed E-state index contributed by atoms with van der Waals surface area (Å²) in [6.07, 6.45) is 1.09. The van der Waals surface area contributed by atoms with Crippen molar-refractivity contribution in [3.8, 4) is 11.5 Å². The van der Waals surface area contributed by atoms with E-state index in [1.807, 2.05) is 20.8 Å². The number of piperidine rings is 1. The fourth-order valence-corrected chi connectivity index (χ4v) is 3.58. The molecule has 152 valence electrons. The lowest BCUT2D eigenvalue weighted by atomic mass is 9.92. The number of aromatic nitrogens is 1. The Hall–Kier alpha value is -2.71. The molecular weight excluding hydrogens is 366 g/mol. The predicted octanol–water partition coefficient (Wildman–Crippen LogP) is 2.44. The number of hydrogen-bond donors (Lipinski definition) is 0. The molecule has 3 aliphatic heterocycles. The number of ether oxygens (including phenoxy) is 4. The van der Waals surface area contributed by atoms with Crippen LogP contribution in [0.5, 0.6) is 11.5 Å². The van der Waals surface area contributed by atoms with E-state index in [4.69, 9.17) is 18.9 Å². The quantitative estimate of drug-likeness (QED) is 0.726. The number of anilines is 1. The fourth-order valence-electron chi connectivity index (χ4n) is 3.58. The van der Waals surface area contributed by atoms with E-state index in [1.54, 1.807) is 17.2 Å². The van der Waals surface area contributed by atoms with Gasteiger partial charge in [0.1, 0.15) is 30.7 Å². The fraction of sp³-hybridized carbons (Fsp3) is 0.632. The minimum absolute atomic E-state index is 0.117. The van der Waals surface area contributed by atoms with Crippen LogP contribution < -0.4 is 14.4 Å². The monoisotopic (exact) mass is 391 g/mol. The van der Waals surface area contributed by atoms with Crippen molar-refractivity contribution in [1.82, 2.24) is 9.88 Å². The first-order valence-electron chi connectivity index (χ1n) is 9.52. The third-order valence-electron chi connectivity index (χ3n) is 4.93. The van der Waals surface area contributed by atoms with Crippen LogP contribution in [0.25, 0.3) is 0 Å². The second-order valence-electron chi connectivity index (χ2n) is 8.19. The first-order chi connectivity index (χ1) is 13.3. The van der Waals surface area contributed by atoms with Crippen molar-refractivity contribution in [3.05, 3.63) is 12.3 Å². The van der Waals surface area contributed by atoms with Crippen molar-refractivity contribution < 1.29 is 28.5 Å². The van der Waals surface area contributed by atoms with Crippen LogP contribution in [0.2, 0.25) is 0 Å². The van der Waals surface area contributed by atoms with Crippen LogP contribution in [0.1, 0.15) is 27.2 Å². The van der Waals surface area contributed by atoms with Gasteiger partial charge in [-0.3, -0.25) is 4.90 Å². The second kappa shape index (κ2) is 7.03. The largest absolute Gasteiger partial charge is 0.486 e. The first-order valence-corrected chi connectivity index (χ1v) is 9.52. The molecule has 2 amide bonds. The van der Waals surface area contributed by atoms with Gasteiger partial charge in [-0.2, -0.15) is 0 Å². The zero-order valence-electron chi connectivity index (χ0n) is 16.3. The number of carbonyl (C=O) groups excluding carboxylic acids is 2. The highest BCUT2D eigenvalue weighted by Gasteiger charge is 2.42. The Morgan fingerprint density at radius 3 is 2.71 bits per heavy atom. The van der Waals surface area contributed by atoms with Crippen LogP contribution >= 0.6 is 0 Å². The summed E-state index contributed by atoms with van der Waals surface area (Å²) in [6.45, 7) is 7.83. The number of amides is 2. The van der Waals surface area contributed by atoms with Gasteiger partial charge in [0, 0.05) is 25.1 Å². The lowest BCUT2D eigenvalue weighted by Crippen LogP contribution is -2.57. The van der Waals surface area contributed by atoms with Crippen molar-refractivity contribution in [3.63, 3.8) is 0 Å². The van der Waals surface area contributed by atoms with Crippen molar-refractivity contribution >= 4 is 18.0 Å². The maximum absolute atomic E-state index is 12.6. The molecule has 2 unspecified atom stereocenters. The third-order valence-corrected chi connectivity index (χ3v) is 4.93. The zero-order chi connectivity index (χ0) is 19.9. The van der Waals surface area contributed by atoms with Crippen LogP contribution in [-0.2, 0) is 9.47 Å². The molecule has 4 heterocycles. The Kier molecular flexibility index (Phi) is 4.68. The van der Waals surface area contributed by atoms with Gasteiger partial charge in [0.05, 0.1) is 12.7 Å². The van der Waals surface area contributed by atoms with Crippen LogP contribution in [-0.4, -0.2) is 66.6 Å². The van der Waals surface area contributed by atoms with Gasteiger partial charge in [-0.05, 0) is 27.2 Å². The molecule has 0 bridgehead atoms. The van der Waals surface area contributed by atoms with Crippen LogP contribution in [0.15, 0.2) is 12.3 Å². The molecule has 2 fully saturated rings. The summed E-state index contributed by atoms with van der Waals surface area (Å²) >= 11 is 0. The van der Waals surface area contributed by atoms with Crippen molar-refractivity contribution in [2.24, 2.45) is 5.92 Å². The van der Waals surface area contributed by atoms with E-state index in [0.29, 0.717) is 50.2 Å². The van der Waals surface area contributed by atoms with Crippen molar-refractivity contribution in [1.29, 1.82) is 0 Å². The maximum atomic E-state index is 12.6. The van der Waals surface area contributed by atoms with E-state index in [1.165, 1.54) is 4.90 Å². The third kappa shape index (κ3) is 3.79. The molecule has 0 aliphatic carbocycles. The first kappa shape index (κ1) is 18.6. The Bertz CT molecular complexity index is 777. The molecule has 0 spiro atoms. The van der Waals surface area contributed by atoms with Crippen LogP contribution in [0, 0.1) is 5.92 Å². The van der Waals surface area contributed by atoms with Crippen molar-refractivity contribution in [2.45, 2.75) is 38.9 Å². The summed E-state index contributed by atoms with van der Waals surface area (Å²) in [5.74, 6) is 1.74. The number of likely N-dealkylation sites (tertiary alicyclic amines) is 1. The summed E-state index contributed by atoms with van der Waals surface area (Å²) in [5.41, 5.74) is -0.558. The topological polar surface area (TPSA) is 90.4 Å². The molecule has 9 heteroatoms. The highest BCUT2D eigenvalue weighted by molar-refractivity contribution is 5.87. The molecular formula is C19H25N3O6. The van der Waals surface area contributed by atoms with Gasteiger partial charge in [0.15, 0.2) is 11.5 Å². The van der Waals surface area contributed by atoms with Gasteiger partial charge < -0.3 is 23.8 Å². The maximum Gasteiger partial charge on any atom is 0.415 e. The summed E-state index contributed by atoms with van der Waals surface area (Å²) < 4.78 is 22.1. The molecule has 4 rings (SSSR count). The van der Waals surface area contributed by atoms with E-state index in [0.717, 1.165) is 6.42 Å². The zero-order valence-corrected chi connectivity index (χ0v) is 16.3. The standard InChI is InChI=1S/C19H25N3O6/c1-19(2,3)28-17(23)21-5-4-12-10-22(18(24)27-15(12)11-21)16-8-13-14(9-20-16)26-7-6-25-13/h8-9,12,15H,4-7,10-11H2,1-3H3. The van der Waals surface area contributed by atoms with E-state index < -0.39 is 11.7 Å². The Morgan fingerprint density at radius 1 is 1.21 bits per heavy atom. The van der Waals surface area contributed by atoms with Gasteiger partial charge in [-0.15, -0.1) is 0 Å². The van der Waals surface area contributed by atoms with Gasteiger partial charge in [-0.25, -0.2) is 14.6 Å². The molecule has 2 saturated heterocycles. The molecule has 2 atom stereocenters. The molecule has 0 aromatic carbocycles. The lowest BCUT2D eigenvalue weighted by molar-refractivity contribution is -0.0254. The molecule has 1 aromatic heterocycles. The average Bonchev–Trinajstić information content (AvgIpc) is 2.65.